The maximum atomic E-state index is 12.4. The number of anilines is 1. The lowest BCUT2D eigenvalue weighted by atomic mass is 9.96. The molecule has 0 radical (unpaired) electrons. The average molecular weight is 498 g/mol. The fraction of sp³-hybridized carbons (Fsp3) is 0.160. The number of thiocarbonyl (C=S) groups is 1. The molecule has 3 aromatic carbocycles. The maximum Gasteiger partial charge on any atom is 0.573 e. The number of nitrogens with two attached hydrogens (primary N) is 1. The molecular weight excluding hydrogens is 475 g/mol. The van der Waals surface area contributed by atoms with Gasteiger partial charge in [-0.05, 0) is 84.2 Å². The number of ether oxygens (including phenoxy) is 1. The van der Waals surface area contributed by atoms with E-state index in [4.69, 9.17) is 18.0 Å². The lowest BCUT2D eigenvalue weighted by Gasteiger charge is -2.15. The van der Waals surface area contributed by atoms with E-state index in [0.717, 1.165) is 39.9 Å². The van der Waals surface area contributed by atoms with Crippen LogP contribution in [-0.2, 0) is 6.42 Å². The van der Waals surface area contributed by atoms with Crippen molar-refractivity contribution in [1.29, 1.82) is 0 Å². The second kappa shape index (κ2) is 9.75. The Morgan fingerprint density at radius 2 is 1.69 bits per heavy atom. The van der Waals surface area contributed by atoms with Gasteiger partial charge in [-0.15, -0.1) is 18.3 Å². The standard InChI is InChI=1S/C25H22F3N5OS/c1-3-16-13-19(12-15(2)22(16)31-24(29)35)17-4-6-18(7-5-17)23-30-14-33(32-23)20-8-10-21(11-9-20)34-25(26,27)28/h4-14H,3H2,1-2H3,(H3,29,31,35). The van der Waals surface area contributed by atoms with Crippen molar-refractivity contribution in [3.05, 3.63) is 78.1 Å². The first-order valence-electron chi connectivity index (χ1n) is 10.7. The number of nitrogens with one attached hydrogen (secondary N) is 1. The predicted octanol–water partition coefficient (Wildman–Crippen LogP) is 6.03. The number of hydrogen-bond acceptors (Lipinski definition) is 4. The molecule has 0 spiro atoms. The van der Waals surface area contributed by atoms with Crippen LogP contribution in [0.3, 0.4) is 0 Å². The topological polar surface area (TPSA) is 78.0 Å². The third kappa shape index (κ3) is 5.78. The highest BCUT2D eigenvalue weighted by Crippen LogP contribution is 2.31. The average Bonchev–Trinajstić information content (AvgIpc) is 3.30. The predicted molar refractivity (Wildman–Crippen MR) is 133 cm³/mol. The number of benzene rings is 3. The van der Waals surface area contributed by atoms with Gasteiger partial charge in [0.15, 0.2) is 10.9 Å². The molecule has 0 fully saturated rings. The Bertz CT molecular complexity index is 1350. The normalized spacial score (nSPS) is 11.3. The van der Waals surface area contributed by atoms with Crippen molar-refractivity contribution < 1.29 is 17.9 Å². The van der Waals surface area contributed by atoms with Gasteiger partial charge in [0.25, 0.3) is 0 Å². The highest BCUT2D eigenvalue weighted by molar-refractivity contribution is 7.80. The number of halogens is 3. The Labute approximate surface area is 205 Å². The molecule has 0 aliphatic rings. The van der Waals surface area contributed by atoms with Gasteiger partial charge in [0.1, 0.15) is 12.1 Å². The van der Waals surface area contributed by atoms with Crippen molar-refractivity contribution in [2.24, 2.45) is 5.73 Å². The molecule has 0 aliphatic carbocycles. The molecule has 0 amide bonds. The van der Waals surface area contributed by atoms with E-state index < -0.39 is 6.36 Å². The monoisotopic (exact) mass is 497 g/mol. The van der Waals surface area contributed by atoms with Crippen LogP contribution in [0.25, 0.3) is 28.2 Å². The molecule has 0 bridgehead atoms. The van der Waals surface area contributed by atoms with Crippen LogP contribution in [0.2, 0.25) is 0 Å². The summed E-state index contributed by atoms with van der Waals surface area (Å²) >= 11 is 5.00. The van der Waals surface area contributed by atoms with Crippen LogP contribution < -0.4 is 15.8 Å². The largest absolute Gasteiger partial charge is 0.573 e. The van der Waals surface area contributed by atoms with Gasteiger partial charge in [0, 0.05) is 11.3 Å². The van der Waals surface area contributed by atoms with E-state index in [9.17, 15) is 13.2 Å². The highest BCUT2D eigenvalue weighted by atomic mass is 32.1. The van der Waals surface area contributed by atoms with E-state index in [1.54, 1.807) is 0 Å². The first-order valence-corrected chi connectivity index (χ1v) is 11.1. The molecule has 0 saturated carbocycles. The number of aryl methyl sites for hydroxylation is 2. The summed E-state index contributed by atoms with van der Waals surface area (Å²) in [6.45, 7) is 4.08. The summed E-state index contributed by atoms with van der Waals surface area (Å²) in [5, 5.41) is 7.75. The fourth-order valence-electron chi connectivity index (χ4n) is 3.74. The van der Waals surface area contributed by atoms with Crippen LogP contribution in [0, 0.1) is 6.92 Å². The molecule has 0 atom stereocenters. The molecule has 4 rings (SSSR count). The fourth-order valence-corrected chi connectivity index (χ4v) is 3.84. The van der Waals surface area contributed by atoms with Crippen LogP contribution in [0.4, 0.5) is 18.9 Å². The summed E-state index contributed by atoms with van der Waals surface area (Å²) in [7, 11) is 0. The number of aromatic nitrogens is 3. The third-order valence-corrected chi connectivity index (χ3v) is 5.45. The molecule has 1 heterocycles. The Morgan fingerprint density at radius 3 is 2.29 bits per heavy atom. The van der Waals surface area contributed by atoms with Crippen LogP contribution in [0.5, 0.6) is 5.75 Å². The van der Waals surface area contributed by atoms with Crippen LogP contribution in [0.1, 0.15) is 18.1 Å². The van der Waals surface area contributed by atoms with Gasteiger partial charge >= 0.3 is 6.36 Å². The summed E-state index contributed by atoms with van der Waals surface area (Å²) < 4.78 is 42.4. The molecule has 0 aliphatic heterocycles. The summed E-state index contributed by atoms with van der Waals surface area (Å²) in [4.78, 5) is 4.34. The number of hydrogen-bond donors (Lipinski definition) is 2. The van der Waals surface area contributed by atoms with Crippen molar-refractivity contribution in [3.63, 3.8) is 0 Å². The lowest BCUT2D eigenvalue weighted by Crippen LogP contribution is -2.20. The summed E-state index contributed by atoms with van der Waals surface area (Å²) in [5.74, 6) is 0.196. The van der Waals surface area contributed by atoms with Crippen molar-refractivity contribution in [1.82, 2.24) is 14.8 Å². The zero-order chi connectivity index (χ0) is 25.2. The molecule has 1 aromatic heterocycles. The Morgan fingerprint density at radius 1 is 1.03 bits per heavy atom. The van der Waals surface area contributed by atoms with Crippen molar-refractivity contribution in [3.8, 4) is 34.0 Å². The van der Waals surface area contributed by atoms with Gasteiger partial charge < -0.3 is 15.8 Å². The van der Waals surface area contributed by atoms with E-state index in [2.05, 4.69) is 39.2 Å². The van der Waals surface area contributed by atoms with Gasteiger partial charge in [-0.1, -0.05) is 31.2 Å². The SMILES string of the molecule is CCc1cc(-c2ccc(-c3ncn(-c4ccc(OC(F)(F)F)cc4)n3)cc2)cc(C)c1NC(N)=S. The first kappa shape index (κ1) is 24.2. The van der Waals surface area contributed by atoms with Crippen LogP contribution >= 0.6 is 12.2 Å². The van der Waals surface area contributed by atoms with E-state index in [1.807, 2.05) is 31.2 Å². The van der Waals surface area contributed by atoms with Gasteiger partial charge in [0.05, 0.1) is 5.69 Å². The molecule has 0 saturated heterocycles. The van der Waals surface area contributed by atoms with Gasteiger partial charge in [-0.25, -0.2) is 9.67 Å². The molecule has 35 heavy (non-hydrogen) atoms. The highest BCUT2D eigenvalue weighted by Gasteiger charge is 2.31. The van der Waals surface area contributed by atoms with E-state index in [1.165, 1.54) is 35.3 Å². The van der Waals surface area contributed by atoms with Crippen molar-refractivity contribution >= 4 is 23.0 Å². The Balaban J connectivity index is 1.54. The first-order chi connectivity index (χ1) is 16.6. The van der Waals surface area contributed by atoms with E-state index in [0.29, 0.717) is 11.5 Å². The van der Waals surface area contributed by atoms with E-state index >= 15 is 0 Å². The smallest absolute Gasteiger partial charge is 0.406 e. The number of nitrogens with zero attached hydrogens (tertiary/aromatic N) is 3. The molecule has 10 heteroatoms. The van der Waals surface area contributed by atoms with Gasteiger partial charge in [-0.3, -0.25) is 0 Å². The summed E-state index contributed by atoms with van der Waals surface area (Å²) in [5.41, 5.74) is 12.2. The van der Waals surface area contributed by atoms with E-state index in [-0.39, 0.29) is 10.9 Å². The maximum absolute atomic E-state index is 12.4. The van der Waals surface area contributed by atoms with Gasteiger partial charge in [0.2, 0.25) is 0 Å². The minimum absolute atomic E-state index is 0.234. The van der Waals surface area contributed by atoms with Crippen molar-refractivity contribution in [2.45, 2.75) is 26.6 Å². The second-order valence-corrected chi connectivity index (χ2v) is 8.24. The van der Waals surface area contributed by atoms with Gasteiger partial charge in [-0.2, -0.15) is 0 Å². The minimum Gasteiger partial charge on any atom is -0.406 e. The summed E-state index contributed by atoms with van der Waals surface area (Å²) in [6, 6.07) is 17.5. The zero-order valence-electron chi connectivity index (χ0n) is 18.9. The minimum atomic E-state index is -4.73. The molecule has 3 N–H and O–H groups in total. The van der Waals surface area contributed by atoms with Crippen LogP contribution in [-0.4, -0.2) is 26.2 Å². The third-order valence-electron chi connectivity index (χ3n) is 5.35. The number of alkyl halides is 3. The number of rotatable bonds is 6. The van der Waals surface area contributed by atoms with Crippen LogP contribution in [0.15, 0.2) is 67.0 Å². The zero-order valence-corrected chi connectivity index (χ0v) is 19.7. The molecular formula is C25H22F3N5OS. The quantitative estimate of drug-likeness (QED) is 0.317. The lowest BCUT2D eigenvalue weighted by molar-refractivity contribution is -0.274. The Hall–Kier alpha value is -3.92. The second-order valence-electron chi connectivity index (χ2n) is 7.80. The van der Waals surface area contributed by atoms with Crippen molar-refractivity contribution in [2.75, 3.05) is 5.32 Å². The Kier molecular flexibility index (Phi) is 6.74. The molecule has 4 aromatic rings. The molecule has 0 unspecified atom stereocenters. The summed E-state index contributed by atoms with van der Waals surface area (Å²) in [6.07, 6.45) is -2.41. The molecule has 6 nitrogen and oxygen atoms in total. The molecule has 180 valence electrons.